The Morgan fingerprint density at radius 2 is 1.79 bits per heavy atom. The molecular formula is C17H21FN. The van der Waals surface area contributed by atoms with Crippen LogP contribution >= 0.6 is 0 Å². The lowest BCUT2D eigenvalue weighted by molar-refractivity contribution is 0.0730. The summed E-state index contributed by atoms with van der Waals surface area (Å²) >= 11 is 0. The number of hydrogen-bond donors (Lipinski definition) is 0. The van der Waals surface area contributed by atoms with Crippen LogP contribution in [0.3, 0.4) is 0 Å². The topological polar surface area (TPSA) is 3.24 Å². The quantitative estimate of drug-likeness (QED) is 0.723. The summed E-state index contributed by atoms with van der Waals surface area (Å²) in [6.45, 7) is 0. The second-order valence-electron chi connectivity index (χ2n) is 5.15. The summed E-state index contributed by atoms with van der Waals surface area (Å²) in [5, 5.41) is 0. The highest BCUT2D eigenvalue weighted by Crippen LogP contribution is 2.34. The molecule has 1 aromatic rings. The van der Waals surface area contributed by atoms with Crippen molar-refractivity contribution in [3.63, 3.8) is 0 Å². The fourth-order valence-corrected chi connectivity index (χ4v) is 2.40. The minimum absolute atomic E-state index is 0.782. The van der Waals surface area contributed by atoms with Crippen molar-refractivity contribution in [2.75, 3.05) is 14.1 Å². The van der Waals surface area contributed by atoms with Crippen LogP contribution in [-0.2, 0) is 6.42 Å². The first-order chi connectivity index (χ1) is 9.13. The molecule has 0 aliphatic heterocycles. The summed E-state index contributed by atoms with van der Waals surface area (Å²) in [6, 6.07) is 10.4. The van der Waals surface area contributed by atoms with E-state index in [2.05, 4.69) is 12.1 Å². The van der Waals surface area contributed by atoms with Crippen LogP contribution in [0.15, 0.2) is 54.1 Å². The molecule has 1 aliphatic rings. The van der Waals surface area contributed by atoms with Gasteiger partial charge in [0, 0.05) is 6.42 Å². The van der Waals surface area contributed by atoms with E-state index in [9.17, 15) is 4.39 Å². The van der Waals surface area contributed by atoms with Gasteiger partial charge in [-0.1, -0.05) is 48.6 Å². The Hall–Kier alpha value is -1.41. The van der Waals surface area contributed by atoms with Crippen molar-refractivity contribution < 1.29 is 4.39 Å². The van der Waals surface area contributed by atoms with Crippen molar-refractivity contribution in [3.8, 4) is 0 Å². The molecule has 1 unspecified atom stereocenters. The van der Waals surface area contributed by atoms with Crippen molar-refractivity contribution in [1.29, 1.82) is 0 Å². The van der Waals surface area contributed by atoms with Gasteiger partial charge in [-0.25, -0.2) is 4.39 Å². The van der Waals surface area contributed by atoms with Crippen LogP contribution in [-0.4, -0.2) is 24.8 Å². The van der Waals surface area contributed by atoms with Crippen LogP contribution in [0.2, 0.25) is 0 Å². The Morgan fingerprint density at radius 3 is 2.47 bits per heavy atom. The molecule has 0 amide bonds. The van der Waals surface area contributed by atoms with Gasteiger partial charge in [-0.05, 0) is 44.5 Å². The van der Waals surface area contributed by atoms with Gasteiger partial charge in [0.05, 0.1) is 0 Å². The summed E-state index contributed by atoms with van der Waals surface area (Å²) in [5.41, 5.74) is 2.16. The second-order valence-corrected chi connectivity index (χ2v) is 5.15. The molecule has 2 heteroatoms. The minimum atomic E-state index is -1.43. The normalized spacial score (nSPS) is 22.6. The summed E-state index contributed by atoms with van der Waals surface area (Å²) in [6.07, 6.45) is 9.97. The van der Waals surface area contributed by atoms with Gasteiger partial charge < -0.3 is 0 Å². The van der Waals surface area contributed by atoms with E-state index >= 15 is 0 Å². The first-order valence-corrected chi connectivity index (χ1v) is 6.75. The SMILES string of the molecule is CN(C)C1(F)[CH]C=CC=C1CCCc1ccccc1. The molecule has 1 atom stereocenters. The lowest BCUT2D eigenvalue weighted by Crippen LogP contribution is -2.42. The molecule has 19 heavy (non-hydrogen) atoms. The van der Waals surface area contributed by atoms with E-state index in [0.717, 1.165) is 24.8 Å². The van der Waals surface area contributed by atoms with E-state index < -0.39 is 5.79 Å². The Labute approximate surface area is 115 Å². The zero-order valence-corrected chi connectivity index (χ0v) is 11.6. The van der Waals surface area contributed by atoms with Crippen LogP contribution in [0.1, 0.15) is 18.4 Å². The van der Waals surface area contributed by atoms with E-state index in [4.69, 9.17) is 0 Å². The van der Waals surface area contributed by atoms with Gasteiger partial charge in [0.15, 0.2) is 5.79 Å². The molecule has 1 radical (unpaired) electrons. The molecule has 101 valence electrons. The number of likely N-dealkylation sites (N-methyl/N-ethyl adjacent to an activating group) is 1. The van der Waals surface area contributed by atoms with E-state index in [1.54, 1.807) is 31.5 Å². The van der Waals surface area contributed by atoms with Crippen LogP contribution < -0.4 is 0 Å². The number of halogens is 1. The van der Waals surface area contributed by atoms with E-state index in [-0.39, 0.29) is 0 Å². The van der Waals surface area contributed by atoms with E-state index in [0.29, 0.717) is 0 Å². The van der Waals surface area contributed by atoms with Crippen LogP contribution in [0.5, 0.6) is 0 Å². The largest absolute Gasteiger partial charge is 0.274 e. The molecule has 0 N–H and O–H groups in total. The molecular weight excluding hydrogens is 237 g/mol. The highest BCUT2D eigenvalue weighted by Gasteiger charge is 2.36. The van der Waals surface area contributed by atoms with Gasteiger partial charge in [0.2, 0.25) is 0 Å². The third kappa shape index (κ3) is 3.32. The van der Waals surface area contributed by atoms with Crippen molar-refractivity contribution in [1.82, 2.24) is 4.90 Å². The second kappa shape index (κ2) is 6.16. The monoisotopic (exact) mass is 258 g/mol. The molecule has 0 saturated carbocycles. The molecule has 1 nitrogen and oxygen atoms in total. The molecule has 0 aromatic heterocycles. The van der Waals surface area contributed by atoms with Gasteiger partial charge in [-0.2, -0.15) is 0 Å². The third-order valence-corrected chi connectivity index (χ3v) is 3.58. The van der Waals surface area contributed by atoms with Crippen LogP contribution in [0.4, 0.5) is 4.39 Å². The summed E-state index contributed by atoms with van der Waals surface area (Å²) < 4.78 is 14.8. The van der Waals surface area contributed by atoms with Gasteiger partial charge in [-0.15, -0.1) is 0 Å². The highest BCUT2D eigenvalue weighted by molar-refractivity contribution is 5.34. The van der Waals surface area contributed by atoms with Crippen LogP contribution in [0.25, 0.3) is 0 Å². The maximum atomic E-state index is 14.8. The van der Waals surface area contributed by atoms with Crippen molar-refractivity contribution >= 4 is 0 Å². The Morgan fingerprint density at radius 1 is 1.05 bits per heavy atom. The predicted molar refractivity (Wildman–Crippen MR) is 78.4 cm³/mol. The van der Waals surface area contributed by atoms with Gasteiger partial charge >= 0.3 is 0 Å². The Balaban J connectivity index is 1.94. The summed E-state index contributed by atoms with van der Waals surface area (Å²) in [7, 11) is 3.56. The fraction of sp³-hybridized carbons (Fsp3) is 0.353. The summed E-state index contributed by atoms with van der Waals surface area (Å²) in [5.74, 6) is -1.43. The zero-order valence-electron chi connectivity index (χ0n) is 11.6. The Kier molecular flexibility index (Phi) is 4.54. The summed E-state index contributed by atoms with van der Waals surface area (Å²) in [4.78, 5) is 1.63. The third-order valence-electron chi connectivity index (χ3n) is 3.58. The average Bonchev–Trinajstić information content (AvgIpc) is 2.42. The standard InChI is InChI=1S/C17H21FN/c1-19(2)17(18)14-7-6-12-16(17)13-8-11-15-9-4-3-5-10-15/h3-7,9-10,12,14H,8,11,13H2,1-2H3. The number of benzene rings is 1. The maximum Gasteiger partial charge on any atom is 0.192 e. The predicted octanol–water partition coefficient (Wildman–Crippen LogP) is 3.94. The van der Waals surface area contributed by atoms with Gasteiger partial charge in [0.1, 0.15) is 0 Å². The molecule has 0 saturated heterocycles. The van der Waals surface area contributed by atoms with Crippen molar-refractivity contribution in [3.05, 3.63) is 66.1 Å². The first-order valence-electron chi connectivity index (χ1n) is 6.75. The molecule has 0 bridgehead atoms. The minimum Gasteiger partial charge on any atom is -0.274 e. The number of allylic oxidation sites excluding steroid dienone is 2. The molecule has 0 fully saturated rings. The van der Waals surface area contributed by atoms with Crippen LogP contribution in [0, 0.1) is 6.42 Å². The molecule has 0 heterocycles. The smallest absolute Gasteiger partial charge is 0.192 e. The Bertz CT molecular complexity index is 461. The number of alkyl halides is 1. The molecule has 2 rings (SSSR count). The van der Waals surface area contributed by atoms with Crippen molar-refractivity contribution in [2.24, 2.45) is 0 Å². The van der Waals surface area contributed by atoms with Gasteiger partial charge in [-0.3, -0.25) is 4.90 Å². The molecule has 0 spiro atoms. The first kappa shape index (κ1) is 14.0. The fourth-order valence-electron chi connectivity index (χ4n) is 2.40. The number of aryl methyl sites for hydroxylation is 1. The number of rotatable bonds is 5. The lowest BCUT2D eigenvalue weighted by atomic mass is 9.90. The maximum absolute atomic E-state index is 14.8. The number of nitrogens with zero attached hydrogens (tertiary/aromatic N) is 1. The van der Waals surface area contributed by atoms with Gasteiger partial charge in [0.25, 0.3) is 0 Å². The average molecular weight is 258 g/mol. The zero-order chi connectivity index (χ0) is 13.7. The van der Waals surface area contributed by atoms with E-state index in [1.807, 2.05) is 30.4 Å². The molecule has 1 aliphatic carbocycles. The number of hydrogen-bond acceptors (Lipinski definition) is 1. The van der Waals surface area contributed by atoms with Crippen molar-refractivity contribution in [2.45, 2.75) is 25.1 Å². The van der Waals surface area contributed by atoms with E-state index in [1.165, 1.54) is 5.56 Å². The highest BCUT2D eigenvalue weighted by atomic mass is 19.1. The molecule has 1 aromatic carbocycles. The lowest BCUT2D eigenvalue weighted by Gasteiger charge is -2.35.